The molecule has 1 atom stereocenters. The molecule has 1 heterocycles. The van der Waals surface area contributed by atoms with Crippen LogP contribution in [0.4, 0.5) is 5.13 Å². The SMILES string of the molecule is CC(O)CNC(=O)Cc1csc(NS(=O)(=O)c2ccccc2)n1. The van der Waals surface area contributed by atoms with Crippen molar-refractivity contribution in [3.05, 3.63) is 41.4 Å². The number of sulfonamides is 1. The topological polar surface area (TPSA) is 108 Å². The fourth-order valence-corrected chi connectivity index (χ4v) is 3.68. The lowest BCUT2D eigenvalue weighted by Crippen LogP contribution is -2.31. The van der Waals surface area contributed by atoms with Crippen LogP contribution in [0.2, 0.25) is 0 Å². The van der Waals surface area contributed by atoms with E-state index in [1.807, 2.05) is 0 Å². The first kappa shape index (κ1) is 17.4. The monoisotopic (exact) mass is 355 g/mol. The van der Waals surface area contributed by atoms with Crippen LogP contribution in [0.3, 0.4) is 0 Å². The van der Waals surface area contributed by atoms with Gasteiger partial charge in [0.1, 0.15) is 0 Å². The van der Waals surface area contributed by atoms with Crippen molar-refractivity contribution in [2.75, 3.05) is 11.3 Å². The standard InChI is InChI=1S/C14H17N3O4S2/c1-10(18)8-15-13(19)7-11-9-22-14(16-11)17-23(20,21)12-5-3-2-4-6-12/h2-6,9-10,18H,7-8H2,1H3,(H,15,19)(H,16,17). The van der Waals surface area contributed by atoms with Crippen LogP contribution in [0.1, 0.15) is 12.6 Å². The number of aliphatic hydroxyl groups excluding tert-OH is 1. The smallest absolute Gasteiger partial charge is 0.263 e. The highest BCUT2D eigenvalue weighted by Crippen LogP contribution is 2.20. The summed E-state index contributed by atoms with van der Waals surface area (Å²) in [5.74, 6) is -0.284. The molecule has 1 amide bonds. The molecule has 1 aromatic heterocycles. The third-order valence-electron chi connectivity index (χ3n) is 2.76. The van der Waals surface area contributed by atoms with Crippen LogP contribution in [-0.4, -0.2) is 37.1 Å². The van der Waals surface area contributed by atoms with Gasteiger partial charge in [0, 0.05) is 11.9 Å². The number of nitrogens with zero attached hydrogens (tertiary/aromatic N) is 1. The fourth-order valence-electron chi connectivity index (χ4n) is 1.70. The third kappa shape index (κ3) is 5.31. The van der Waals surface area contributed by atoms with Crippen molar-refractivity contribution in [2.24, 2.45) is 0 Å². The van der Waals surface area contributed by atoms with Crippen LogP contribution in [0, 0.1) is 0 Å². The summed E-state index contributed by atoms with van der Waals surface area (Å²) in [6, 6.07) is 7.97. The van der Waals surface area contributed by atoms with Gasteiger partial charge in [0.25, 0.3) is 10.0 Å². The predicted octanol–water partition coefficient (Wildman–Crippen LogP) is 0.983. The number of amides is 1. The zero-order chi connectivity index (χ0) is 16.9. The number of nitrogens with one attached hydrogen (secondary N) is 2. The minimum Gasteiger partial charge on any atom is -0.392 e. The Bertz CT molecular complexity index is 757. The van der Waals surface area contributed by atoms with Gasteiger partial charge >= 0.3 is 0 Å². The minimum absolute atomic E-state index is 0.0241. The molecule has 2 aromatic rings. The largest absolute Gasteiger partial charge is 0.392 e. The molecule has 0 saturated carbocycles. The molecule has 1 aromatic carbocycles. The van der Waals surface area contributed by atoms with Crippen molar-refractivity contribution in [1.82, 2.24) is 10.3 Å². The second-order valence-corrected chi connectivity index (χ2v) is 7.43. The number of hydrogen-bond donors (Lipinski definition) is 3. The van der Waals surface area contributed by atoms with Crippen LogP contribution in [0.5, 0.6) is 0 Å². The van der Waals surface area contributed by atoms with Gasteiger partial charge in [-0.05, 0) is 19.1 Å². The first-order valence-corrected chi connectivity index (χ1v) is 9.20. The Balaban J connectivity index is 1.98. The normalized spacial score (nSPS) is 12.6. The molecule has 0 radical (unpaired) electrons. The number of rotatable bonds is 7. The maximum atomic E-state index is 12.2. The Labute approximate surface area is 138 Å². The quantitative estimate of drug-likeness (QED) is 0.686. The van der Waals surface area contributed by atoms with Gasteiger partial charge in [0.15, 0.2) is 5.13 Å². The van der Waals surface area contributed by atoms with Crippen LogP contribution < -0.4 is 10.0 Å². The first-order chi connectivity index (χ1) is 10.9. The van der Waals surface area contributed by atoms with E-state index in [1.54, 1.807) is 30.5 Å². The Morgan fingerprint density at radius 1 is 1.35 bits per heavy atom. The van der Waals surface area contributed by atoms with Gasteiger partial charge in [-0.25, -0.2) is 13.4 Å². The lowest BCUT2D eigenvalue weighted by Gasteiger charge is -2.06. The molecule has 0 fully saturated rings. The summed E-state index contributed by atoms with van der Waals surface area (Å²) in [6.07, 6.45) is -0.598. The second-order valence-electron chi connectivity index (χ2n) is 4.89. The summed E-state index contributed by atoms with van der Waals surface area (Å²) < 4.78 is 26.7. The van der Waals surface area contributed by atoms with Gasteiger partial charge in [0.2, 0.25) is 5.91 Å². The zero-order valence-corrected chi connectivity index (χ0v) is 14.0. The Morgan fingerprint density at radius 2 is 2.04 bits per heavy atom. The highest BCUT2D eigenvalue weighted by atomic mass is 32.2. The van der Waals surface area contributed by atoms with Crippen LogP contribution in [0.15, 0.2) is 40.6 Å². The van der Waals surface area contributed by atoms with Gasteiger partial charge in [-0.2, -0.15) is 0 Å². The maximum Gasteiger partial charge on any atom is 0.263 e. The first-order valence-electron chi connectivity index (χ1n) is 6.84. The minimum atomic E-state index is -3.69. The third-order valence-corrected chi connectivity index (χ3v) is 5.05. The molecule has 0 spiro atoms. The summed E-state index contributed by atoms with van der Waals surface area (Å²) in [5.41, 5.74) is 0.462. The molecule has 3 N–H and O–H groups in total. The Morgan fingerprint density at radius 3 is 2.70 bits per heavy atom. The molecule has 0 saturated heterocycles. The molecule has 0 bridgehead atoms. The average Bonchev–Trinajstić information content (AvgIpc) is 2.92. The van der Waals surface area contributed by atoms with Crippen LogP contribution in [0.25, 0.3) is 0 Å². The molecule has 7 nitrogen and oxygen atoms in total. The number of aromatic nitrogens is 1. The molecule has 23 heavy (non-hydrogen) atoms. The van der Waals surface area contributed by atoms with Crippen LogP contribution >= 0.6 is 11.3 Å². The summed E-state index contributed by atoms with van der Waals surface area (Å²) >= 11 is 1.11. The second kappa shape index (κ2) is 7.53. The highest BCUT2D eigenvalue weighted by Gasteiger charge is 2.16. The van der Waals surface area contributed by atoms with Crippen molar-refractivity contribution in [3.63, 3.8) is 0 Å². The van der Waals surface area contributed by atoms with E-state index in [1.165, 1.54) is 12.1 Å². The van der Waals surface area contributed by atoms with E-state index in [0.29, 0.717) is 5.69 Å². The Kier molecular flexibility index (Phi) is 5.69. The lowest BCUT2D eigenvalue weighted by molar-refractivity contribution is -0.120. The number of thiazole rings is 1. The fraction of sp³-hybridized carbons (Fsp3) is 0.286. The van der Waals surface area contributed by atoms with Gasteiger partial charge < -0.3 is 10.4 Å². The van der Waals surface area contributed by atoms with E-state index in [2.05, 4.69) is 15.0 Å². The molecule has 0 aliphatic carbocycles. The molecule has 2 rings (SSSR count). The molecular formula is C14H17N3O4S2. The highest BCUT2D eigenvalue weighted by molar-refractivity contribution is 7.93. The van der Waals surface area contributed by atoms with E-state index < -0.39 is 16.1 Å². The van der Waals surface area contributed by atoms with Gasteiger partial charge in [0.05, 0.1) is 23.1 Å². The van der Waals surface area contributed by atoms with E-state index in [4.69, 9.17) is 5.11 Å². The lowest BCUT2D eigenvalue weighted by atomic mass is 10.3. The van der Waals surface area contributed by atoms with E-state index >= 15 is 0 Å². The van der Waals surface area contributed by atoms with Gasteiger partial charge in [-0.3, -0.25) is 9.52 Å². The molecule has 124 valence electrons. The van der Waals surface area contributed by atoms with Gasteiger partial charge in [-0.15, -0.1) is 11.3 Å². The zero-order valence-electron chi connectivity index (χ0n) is 12.4. The average molecular weight is 355 g/mol. The molecular weight excluding hydrogens is 338 g/mol. The summed E-state index contributed by atoms with van der Waals surface area (Å²) in [6.45, 7) is 1.73. The molecule has 1 unspecified atom stereocenters. The summed E-state index contributed by atoms with van der Waals surface area (Å²) in [4.78, 5) is 15.9. The van der Waals surface area contributed by atoms with E-state index in [-0.39, 0.29) is 28.9 Å². The maximum absolute atomic E-state index is 12.2. The number of anilines is 1. The summed E-state index contributed by atoms with van der Waals surface area (Å²) in [5, 5.41) is 13.5. The van der Waals surface area contributed by atoms with E-state index in [0.717, 1.165) is 11.3 Å². The molecule has 0 aliphatic heterocycles. The number of benzene rings is 1. The number of carbonyl (C=O) groups excluding carboxylic acids is 1. The number of aliphatic hydroxyl groups is 1. The number of carbonyl (C=O) groups is 1. The number of hydrogen-bond acceptors (Lipinski definition) is 6. The summed E-state index contributed by atoms with van der Waals surface area (Å²) in [7, 11) is -3.69. The van der Waals surface area contributed by atoms with Crippen molar-refractivity contribution < 1.29 is 18.3 Å². The Hall–Kier alpha value is -1.97. The van der Waals surface area contributed by atoms with Crippen molar-refractivity contribution in [1.29, 1.82) is 0 Å². The molecule has 9 heteroatoms. The van der Waals surface area contributed by atoms with Crippen LogP contribution in [-0.2, 0) is 21.2 Å². The predicted molar refractivity (Wildman–Crippen MR) is 87.8 cm³/mol. The van der Waals surface area contributed by atoms with Gasteiger partial charge in [-0.1, -0.05) is 18.2 Å². The van der Waals surface area contributed by atoms with Crippen molar-refractivity contribution in [2.45, 2.75) is 24.3 Å². The van der Waals surface area contributed by atoms with Crippen molar-refractivity contribution >= 4 is 32.4 Å². The molecule has 0 aliphatic rings. The van der Waals surface area contributed by atoms with E-state index in [9.17, 15) is 13.2 Å². The van der Waals surface area contributed by atoms with Crippen molar-refractivity contribution in [3.8, 4) is 0 Å².